The zero-order valence-corrected chi connectivity index (χ0v) is 12.7. The van der Waals surface area contributed by atoms with Gasteiger partial charge in [-0.2, -0.15) is 0 Å². The van der Waals surface area contributed by atoms with Crippen molar-refractivity contribution in [2.24, 2.45) is 5.92 Å². The molecule has 19 heavy (non-hydrogen) atoms. The Morgan fingerprint density at radius 2 is 2.37 bits per heavy atom. The van der Waals surface area contributed by atoms with Crippen LogP contribution in [0.2, 0.25) is 0 Å². The average Bonchev–Trinajstić information content (AvgIpc) is 3.05. The SMILES string of the molecule is C#CCN(Cc1csc(CNC(C)C)n1)CC1CC1. The third-order valence-corrected chi connectivity index (χ3v) is 4.07. The highest BCUT2D eigenvalue weighted by Crippen LogP contribution is 2.30. The monoisotopic (exact) mass is 277 g/mol. The number of aromatic nitrogens is 1. The van der Waals surface area contributed by atoms with E-state index in [0.717, 1.165) is 42.8 Å². The molecule has 1 aromatic rings. The van der Waals surface area contributed by atoms with Crippen LogP contribution < -0.4 is 5.32 Å². The molecule has 1 N–H and O–H groups in total. The second-order valence-electron chi connectivity index (χ2n) is 5.59. The predicted molar refractivity (Wildman–Crippen MR) is 80.9 cm³/mol. The van der Waals surface area contributed by atoms with Gasteiger partial charge in [-0.1, -0.05) is 19.8 Å². The first kappa shape index (κ1) is 14.5. The Balaban J connectivity index is 1.84. The molecule has 0 spiro atoms. The van der Waals surface area contributed by atoms with Crippen LogP contribution in [0.1, 0.15) is 37.4 Å². The molecule has 1 saturated carbocycles. The van der Waals surface area contributed by atoms with E-state index in [1.54, 1.807) is 11.3 Å². The van der Waals surface area contributed by atoms with E-state index in [9.17, 15) is 0 Å². The molecular formula is C15H23N3S. The number of terminal acetylenes is 1. The lowest BCUT2D eigenvalue weighted by molar-refractivity contribution is 0.283. The van der Waals surface area contributed by atoms with Gasteiger partial charge in [0.25, 0.3) is 0 Å². The average molecular weight is 277 g/mol. The fourth-order valence-corrected chi connectivity index (χ4v) is 2.74. The maximum atomic E-state index is 5.45. The van der Waals surface area contributed by atoms with E-state index in [-0.39, 0.29) is 0 Å². The van der Waals surface area contributed by atoms with Gasteiger partial charge in [0.05, 0.1) is 12.2 Å². The maximum Gasteiger partial charge on any atom is 0.107 e. The fourth-order valence-electron chi connectivity index (χ4n) is 2.00. The first-order chi connectivity index (χ1) is 9.17. The zero-order chi connectivity index (χ0) is 13.7. The third kappa shape index (κ3) is 5.32. The summed E-state index contributed by atoms with van der Waals surface area (Å²) in [5.41, 5.74) is 1.15. The minimum absolute atomic E-state index is 0.500. The molecule has 1 fully saturated rings. The molecule has 0 amide bonds. The minimum Gasteiger partial charge on any atom is -0.308 e. The van der Waals surface area contributed by atoms with Crippen molar-refractivity contribution in [1.29, 1.82) is 0 Å². The normalized spacial score (nSPS) is 15.1. The molecular weight excluding hydrogens is 254 g/mol. The second kappa shape index (κ2) is 7.04. The molecule has 2 rings (SSSR count). The largest absolute Gasteiger partial charge is 0.308 e. The molecule has 0 aliphatic heterocycles. The van der Waals surface area contributed by atoms with Crippen LogP contribution >= 0.6 is 11.3 Å². The highest BCUT2D eigenvalue weighted by atomic mass is 32.1. The van der Waals surface area contributed by atoms with Crippen LogP contribution in [0.15, 0.2) is 5.38 Å². The number of rotatable bonds is 8. The van der Waals surface area contributed by atoms with Crippen molar-refractivity contribution in [3.8, 4) is 12.3 Å². The van der Waals surface area contributed by atoms with Crippen LogP contribution in [0, 0.1) is 18.3 Å². The molecule has 1 aliphatic rings. The number of nitrogens with zero attached hydrogens (tertiary/aromatic N) is 2. The summed E-state index contributed by atoms with van der Waals surface area (Å²) in [6, 6.07) is 0.500. The number of hydrogen-bond donors (Lipinski definition) is 1. The smallest absolute Gasteiger partial charge is 0.107 e. The summed E-state index contributed by atoms with van der Waals surface area (Å²) in [4.78, 5) is 7.02. The van der Waals surface area contributed by atoms with Gasteiger partial charge in [0.2, 0.25) is 0 Å². The van der Waals surface area contributed by atoms with Crippen LogP contribution in [0.25, 0.3) is 0 Å². The quantitative estimate of drug-likeness (QED) is 0.740. The maximum absolute atomic E-state index is 5.45. The summed E-state index contributed by atoms with van der Waals surface area (Å²) in [7, 11) is 0. The fraction of sp³-hybridized carbons (Fsp3) is 0.667. The highest BCUT2D eigenvalue weighted by Gasteiger charge is 2.24. The molecule has 0 bridgehead atoms. The van der Waals surface area contributed by atoms with Crippen LogP contribution in [0.5, 0.6) is 0 Å². The Morgan fingerprint density at radius 1 is 1.58 bits per heavy atom. The molecule has 4 heteroatoms. The van der Waals surface area contributed by atoms with Crippen molar-refractivity contribution >= 4 is 11.3 Å². The van der Waals surface area contributed by atoms with Gasteiger partial charge in [0.15, 0.2) is 0 Å². The van der Waals surface area contributed by atoms with Gasteiger partial charge in [-0.15, -0.1) is 17.8 Å². The van der Waals surface area contributed by atoms with Crippen LogP contribution in [0.4, 0.5) is 0 Å². The molecule has 0 radical (unpaired) electrons. The molecule has 104 valence electrons. The highest BCUT2D eigenvalue weighted by molar-refractivity contribution is 7.09. The standard InChI is InChI=1S/C15H23N3S/c1-4-7-18(9-13-5-6-13)10-14-11-19-15(17-14)8-16-12(2)3/h1,11-13,16H,5-10H2,2-3H3. The van der Waals surface area contributed by atoms with Crippen LogP contribution in [-0.2, 0) is 13.1 Å². The van der Waals surface area contributed by atoms with Gasteiger partial charge >= 0.3 is 0 Å². The summed E-state index contributed by atoms with van der Waals surface area (Å²) in [5.74, 6) is 3.63. The number of hydrogen-bond acceptors (Lipinski definition) is 4. The zero-order valence-electron chi connectivity index (χ0n) is 11.9. The van der Waals surface area contributed by atoms with Gasteiger partial charge in [-0.05, 0) is 18.8 Å². The summed E-state index contributed by atoms with van der Waals surface area (Å²) in [5, 5.41) is 6.72. The summed E-state index contributed by atoms with van der Waals surface area (Å²) in [6.07, 6.45) is 8.17. The Labute approximate surface area is 120 Å². The topological polar surface area (TPSA) is 28.2 Å². The first-order valence-electron chi connectivity index (χ1n) is 7.00. The van der Waals surface area contributed by atoms with Gasteiger partial charge in [-0.3, -0.25) is 4.90 Å². The van der Waals surface area contributed by atoms with E-state index in [2.05, 4.69) is 40.3 Å². The predicted octanol–water partition coefficient (Wildman–Crippen LogP) is 2.49. The first-order valence-corrected chi connectivity index (χ1v) is 7.88. The van der Waals surface area contributed by atoms with Gasteiger partial charge in [0.1, 0.15) is 5.01 Å². The lowest BCUT2D eigenvalue weighted by Gasteiger charge is -2.17. The minimum atomic E-state index is 0.500. The molecule has 1 aromatic heterocycles. The number of nitrogens with one attached hydrogen (secondary N) is 1. The van der Waals surface area contributed by atoms with Crippen LogP contribution in [-0.4, -0.2) is 29.0 Å². The Bertz CT molecular complexity index is 429. The third-order valence-electron chi connectivity index (χ3n) is 3.17. The molecule has 1 aliphatic carbocycles. The Hall–Kier alpha value is -0.890. The van der Waals surface area contributed by atoms with Crippen molar-refractivity contribution < 1.29 is 0 Å². The van der Waals surface area contributed by atoms with E-state index < -0.39 is 0 Å². The Kier molecular flexibility index (Phi) is 5.38. The molecule has 1 heterocycles. The van der Waals surface area contributed by atoms with Crippen molar-refractivity contribution in [3.63, 3.8) is 0 Å². The van der Waals surface area contributed by atoms with Crippen LogP contribution in [0.3, 0.4) is 0 Å². The molecule has 0 atom stereocenters. The lowest BCUT2D eigenvalue weighted by atomic mass is 10.3. The van der Waals surface area contributed by atoms with E-state index in [4.69, 9.17) is 6.42 Å². The van der Waals surface area contributed by atoms with E-state index in [1.165, 1.54) is 12.8 Å². The number of thiazole rings is 1. The van der Waals surface area contributed by atoms with Crippen molar-refractivity contribution in [2.45, 2.75) is 45.8 Å². The molecule has 0 aromatic carbocycles. The summed E-state index contributed by atoms with van der Waals surface area (Å²) < 4.78 is 0. The van der Waals surface area contributed by atoms with E-state index >= 15 is 0 Å². The molecule has 3 nitrogen and oxygen atoms in total. The van der Waals surface area contributed by atoms with Crippen molar-refractivity contribution in [3.05, 3.63) is 16.1 Å². The van der Waals surface area contributed by atoms with Crippen molar-refractivity contribution in [1.82, 2.24) is 15.2 Å². The molecule has 0 saturated heterocycles. The lowest BCUT2D eigenvalue weighted by Crippen LogP contribution is -2.26. The summed E-state index contributed by atoms with van der Waals surface area (Å²) in [6.45, 7) is 7.91. The van der Waals surface area contributed by atoms with Crippen molar-refractivity contribution in [2.75, 3.05) is 13.1 Å². The Morgan fingerprint density at radius 3 is 3.00 bits per heavy atom. The van der Waals surface area contributed by atoms with Gasteiger partial charge in [-0.25, -0.2) is 4.98 Å². The summed E-state index contributed by atoms with van der Waals surface area (Å²) >= 11 is 1.73. The van der Waals surface area contributed by atoms with Gasteiger partial charge < -0.3 is 5.32 Å². The molecule has 0 unspecified atom stereocenters. The van der Waals surface area contributed by atoms with E-state index in [0.29, 0.717) is 6.04 Å². The van der Waals surface area contributed by atoms with E-state index in [1.807, 2.05) is 0 Å². The van der Waals surface area contributed by atoms with Gasteiger partial charge in [0, 0.05) is 31.1 Å². The second-order valence-corrected chi connectivity index (χ2v) is 6.53.